The molecule has 1 aliphatic heterocycles. The van der Waals surface area contributed by atoms with Gasteiger partial charge in [0.15, 0.2) is 0 Å². The lowest BCUT2D eigenvalue weighted by atomic mass is 10.2. The average Bonchev–Trinajstić information content (AvgIpc) is 2.91. The van der Waals surface area contributed by atoms with Gasteiger partial charge in [-0.25, -0.2) is 0 Å². The maximum atomic E-state index is 12.0. The fraction of sp³-hybridized carbons (Fsp3) is 0.533. The monoisotopic (exact) mass is 262 g/mol. The highest BCUT2D eigenvalue weighted by Gasteiger charge is 2.18. The van der Waals surface area contributed by atoms with Crippen molar-refractivity contribution in [2.75, 3.05) is 18.5 Å². The summed E-state index contributed by atoms with van der Waals surface area (Å²) in [6.07, 6.45) is 2.46. The lowest BCUT2D eigenvalue weighted by molar-refractivity contribution is -0.117. The molecule has 2 N–H and O–H groups in total. The van der Waals surface area contributed by atoms with Crippen LogP contribution in [0.5, 0.6) is 0 Å². The quantitative estimate of drug-likeness (QED) is 0.854. The van der Waals surface area contributed by atoms with Gasteiger partial charge in [0.2, 0.25) is 5.91 Å². The molecule has 1 heterocycles. The van der Waals surface area contributed by atoms with Crippen LogP contribution >= 0.6 is 0 Å². The van der Waals surface area contributed by atoms with Gasteiger partial charge in [0.1, 0.15) is 0 Å². The van der Waals surface area contributed by atoms with Crippen molar-refractivity contribution >= 4 is 11.6 Å². The minimum absolute atomic E-state index is 0.0122. The van der Waals surface area contributed by atoms with Gasteiger partial charge in [-0.3, -0.25) is 4.79 Å². The van der Waals surface area contributed by atoms with Crippen LogP contribution in [0, 0.1) is 6.92 Å². The van der Waals surface area contributed by atoms with E-state index in [2.05, 4.69) is 10.6 Å². The predicted octanol–water partition coefficient (Wildman–Crippen LogP) is 2.09. The van der Waals surface area contributed by atoms with Gasteiger partial charge in [-0.15, -0.1) is 0 Å². The van der Waals surface area contributed by atoms with Crippen molar-refractivity contribution in [1.82, 2.24) is 5.32 Å². The molecule has 2 atom stereocenters. The third kappa shape index (κ3) is 4.33. The van der Waals surface area contributed by atoms with E-state index >= 15 is 0 Å². The fourth-order valence-corrected chi connectivity index (χ4v) is 2.09. The Morgan fingerprint density at radius 3 is 2.79 bits per heavy atom. The summed E-state index contributed by atoms with van der Waals surface area (Å²) in [7, 11) is 0. The van der Waals surface area contributed by atoms with Crippen LogP contribution in [-0.2, 0) is 9.53 Å². The van der Waals surface area contributed by atoms with Crippen LogP contribution in [0.3, 0.4) is 0 Å². The summed E-state index contributed by atoms with van der Waals surface area (Å²) < 4.78 is 5.52. The smallest absolute Gasteiger partial charge is 0.241 e. The molecule has 0 aliphatic carbocycles. The van der Waals surface area contributed by atoms with E-state index < -0.39 is 0 Å². The van der Waals surface area contributed by atoms with Crippen LogP contribution in [0.1, 0.15) is 25.3 Å². The summed E-state index contributed by atoms with van der Waals surface area (Å²) in [5, 5.41) is 6.12. The van der Waals surface area contributed by atoms with Crippen molar-refractivity contribution in [1.29, 1.82) is 0 Å². The highest BCUT2D eigenvalue weighted by Crippen LogP contribution is 2.11. The molecule has 1 aromatic carbocycles. The van der Waals surface area contributed by atoms with Gasteiger partial charge in [0, 0.05) is 18.8 Å². The molecule has 2 rings (SSSR count). The zero-order chi connectivity index (χ0) is 13.7. The van der Waals surface area contributed by atoms with E-state index in [1.165, 1.54) is 5.56 Å². The minimum atomic E-state index is -0.217. The fourth-order valence-electron chi connectivity index (χ4n) is 2.09. The second-order valence-corrected chi connectivity index (χ2v) is 5.12. The molecule has 1 aliphatic rings. The Morgan fingerprint density at radius 2 is 2.16 bits per heavy atom. The molecule has 1 fully saturated rings. The number of rotatable bonds is 5. The third-order valence-electron chi connectivity index (χ3n) is 3.39. The van der Waals surface area contributed by atoms with Crippen LogP contribution in [0.15, 0.2) is 24.3 Å². The molecule has 0 aromatic heterocycles. The Morgan fingerprint density at radius 1 is 1.42 bits per heavy atom. The van der Waals surface area contributed by atoms with E-state index in [0.717, 1.165) is 31.7 Å². The largest absolute Gasteiger partial charge is 0.377 e. The molecule has 4 heteroatoms. The number of hydrogen-bond acceptors (Lipinski definition) is 3. The van der Waals surface area contributed by atoms with E-state index in [9.17, 15) is 4.79 Å². The van der Waals surface area contributed by atoms with E-state index in [4.69, 9.17) is 4.74 Å². The summed E-state index contributed by atoms with van der Waals surface area (Å²) >= 11 is 0. The summed E-state index contributed by atoms with van der Waals surface area (Å²) in [4.78, 5) is 12.0. The maximum absolute atomic E-state index is 12.0. The predicted molar refractivity (Wildman–Crippen MR) is 76.2 cm³/mol. The van der Waals surface area contributed by atoms with Crippen molar-refractivity contribution in [2.45, 2.75) is 38.8 Å². The van der Waals surface area contributed by atoms with Crippen LogP contribution < -0.4 is 10.6 Å². The lowest BCUT2D eigenvalue weighted by Crippen LogP contribution is -2.41. The zero-order valence-electron chi connectivity index (χ0n) is 11.6. The van der Waals surface area contributed by atoms with Crippen molar-refractivity contribution in [3.8, 4) is 0 Å². The first-order valence-electron chi connectivity index (χ1n) is 6.87. The first-order valence-corrected chi connectivity index (χ1v) is 6.87. The van der Waals surface area contributed by atoms with E-state index in [0.29, 0.717) is 0 Å². The van der Waals surface area contributed by atoms with Gasteiger partial charge in [0.25, 0.3) is 0 Å². The van der Waals surface area contributed by atoms with Crippen LogP contribution in [0.2, 0.25) is 0 Å². The number of anilines is 1. The first kappa shape index (κ1) is 14.0. The van der Waals surface area contributed by atoms with Crippen molar-refractivity contribution < 1.29 is 9.53 Å². The normalized spacial score (nSPS) is 20.2. The Balaban J connectivity index is 1.76. The summed E-state index contributed by atoms with van der Waals surface area (Å²) in [6, 6.07) is 7.59. The van der Waals surface area contributed by atoms with Crippen LogP contribution in [0.4, 0.5) is 5.69 Å². The highest BCUT2D eigenvalue weighted by atomic mass is 16.5. The van der Waals surface area contributed by atoms with Crippen LogP contribution in [-0.4, -0.2) is 31.2 Å². The van der Waals surface area contributed by atoms with Gasteiger partial charge in [-0.2, -0.15) is 0 Å². The average molecular weight is 262 g/mol. The van der Waals surface area contributed by atoms with E-state index in [1.807, 2.05) is 38.1 Å². The Bertz CT molecular complexity index is 411. The van der Waals surface area contributed by atoms with Crippen molar-refractivity contribution in [2.24, 2.45) is 0 Å². The number of carbonyl (C=O) groups excluding carboxylic acids is 1. The molecular weight excluding hydrogens is 240 g/mol. The van der Waals surface area contributed by atoms with E-state index in [-0.39, 0.29) is 18.1 Å². The van der Waals surface area contributed by atoms with Crippen LogP contribution in [0.25, 0.3) is 0 Å². The molecule has 0 spiro atoms. The topological polar surface area (TPSA) is 50.4 Å². The second-order valence-electron chi connectivity index (χ2n) is 5.12. The number of amides is 1. The number of hydrogen-bond donors (Lipinski definition) is 2. The van der Waals surface area contributed by atoms with Crippen molar-refractivity contribution in [3.05, 3.63) is 29.8 Å². The SMILES string of the molecule is Cc1ccc(NC(=O)C(C)NCC2CCCO2)cc1. The summed E-state index contributed by atoms with van der Waals surface area (Å²) in [5.41, 5.74) is 2.02. The molecule has 1 saturated heterocycles. The van der Waals surface area contributed by atoms with Gasteiger partial charge in [-0.05, 0) is 38.8 Å². The van der Waals surface area contributed by atoms with Crippen molar-refractivity contribution in [3.63, 3.8) is 0 Å². The van der Waals surface area contributed by atoms with E-state index in [1.54, 1.807) is 0 Å². The minimum Gasteiger partial charge on any atom is -0.377 e. The highest BCUT2D eigenvalue weighted by molar-refractivity contribution is 5.94. The molecule has 0 saturated carbocycles. The molecule has 19 heavy (non-hydrogen) atoms. The van der Waals surface area contributed by atoms with Gasteiger partial charge >= 0.3 is 0 Å². The number of ether oxygens (including phenoxy) is 1. The third-order valence-corrected chi connectivity index (χ3v) is 3.39. The number of aryl methyl sites for hydroxylation is 1. The Hall–Kier alpha value is -1.39. The Labute approximate surface area is 114 Å². The molecule has 1 amide bonds. The molecule has 1 aromatic rings. The molecule has 4 nitrogen and oxygen atoms in total. The standard InChI is InChI=1S/C15H22N2O2/c1-11-5-7-13(8-6-11)17-15(18)12(2)16-10-14-4-3-9-19-14/h5-8,12,14,16H,3-4,9-10H2,1-2H3,(H,17,18). The summed E-state index contributed by atoms with van der Waals surface area (Å²) in [5.74, 6) is -0.0122. The van der Waals surface area contributed by atoms with Gasteiger partial charge in [0.05, 0.1) is 12.1 Å². The van der Waals surface area contributed by atoms with Gasteiger partial charge < -0.3 is 15.4 Å². The molecule has 0 bridgehead atoms. The molecule has 104 valence electrons. The first-order chi connectivity index (χ1) is 9.15. The molecule has 0 radical (unpaired) electrons. The number of nitrogens with one attached hydrogen (secondary N) is 2. The zero-order valence-corrected chi connectivity index (χ0v) is 11.6. The summed E-state index contributed by atoms with van der Waals surface area (Å²) in [6.45, 7) is 5.48. The molecule has 2 unspecified atom stereocenters. The number of carbonyl (C=O) groups is 1. The molecular formula is C15H22N2O2. The Kier molecular flexibility index (Phi) is 4.93. The number of benzene rings is 1. The lowest BCUT2D eigenvalue weighted by Gasteiger charge is -2.16. The maximum Gasteiger partial charge on any atom is 0.241 e. The van der Waals surface area contributed by atoms with Gasteiger partial charge in [-0.1, -0.05) is 17.7 Å². The second kappa shape index (κ2) is 6.68.